The molecule has 6 nitrogen and oxygen atoms in total. The van der Waals surface area contributed by atoms with Crippen LogP contribution in [0.1, 0.15) is 35.6 Å². The summed E-state index contributed by atoms with van der Waals surface area (Å²) in [6, 6.07) is 11.1. The van der Waals surface area contributed by atoms with Gasteiger partial charge in [0.25, 0.3) is 0 Å². The molecule has 2 aromatic carbocycles. The average molecular weight is 420 g/mol. The van der Waals surface area contributed by atoms with Crippen molar-refractivity contribution in [3.8, 4) is 5.75 Å². The summed E-state index contributed by atoms with van der Waals surface area (Å²) in [4.78, 5) is 12.3. The minimum Gasteiger partial charge on any atom is -0.496 e. The van der Waals surface area contributed by atoms with E-state index < -0.39 is 10.0 Å². The largest absolute Gasteiger partial charge is 0.496 e. The molecule has 1 atom stereocenters. The third-order valence-electron chi connectivity index (χ3n) is 4.85. The summed E-state index contributed by atoms with van der Waals surface area (Å²) in [5, 5.41) is 0. The maximum absolute atomic E-state index is 12.9. The van der Waals surface area contributed by atoms with Gasteiger partial charge in [-0.05, 0) is 55.0 Å². The van der Waals surface area contributed by atoms with E-state index in [0.717, 1.165) is 11.1 Å². The number of ether oxygens (including phenoxy) is 2. The highest BCUT2D eigenvalue weighted by molar-refractivity contribution is 7.89. The van der Waals surface area contributed by atoms with Crippen LogP contribution in [-0.4, -0.2) is 28.0 Å². The van der Waals surface area contributed by atoms with Crippen molar-refractivity contribution in [2.45, 2.75) is 45.6 Å². The maximum atomic E-state index is 12.9. The van der Waals surface area contributed by atoms with Crippen LogP contribution in [-0.2, 0) is 26.2 Å². The van der Waals surface area contributed by atoms with Crippen LogP contribution in [0.4, 0.5) is 0 Å². The van der Waals surface area contributed by atoms with Crippen LogP contribution in [0.15, 0.2) is 41.3 Å². The average Bonchev–Trinajstić information content (AvgIpc) is 2.68. The van der Waals surface area contributed by atoms with Crippen LogP contribution in [0, 0.1) is 26.7 Å². The summed E-state index contributed by atoms with van der Waals surface area (Å²) in [6.07, 6.45) is 0.134. The van der Waals surface area contributed by atoms with Gasteiger partial charge in [-0.15, -0.1) is 0 Å². The summed E-state index contributed by atoms with van der Waals surface area (Å²) in [6.45, 7) is 7.51. The standard InChI is InChI=1S/C22H29NO5S/c1-15(11-21(24)28-14-19-9-7-6-8-10-19)13-23-29(25,26)22-16(2)12-20(27-5)17(3)18(22)4/h6-10,12,15,23H,11,13-14H2,1-5H3. The SMILES string of the molecule is COc1cc(C)c(S(=O)(=O)NCC(C)CC(=O)OCc2ccccc2)c(C)c1C. The van der Waals surface area contributed by atoms with Crippen LogP contribution in [0.5, 0.6) is 5.75 Å². The summed E-state index contributed by atoms with van der Waals surface area (Å²) in [5.41, 5.74) is 2.97. The van der Waals surface area contributed by atoms with E-state index in [-0.39, 0.29) is 36.4 Å². The Labute approximate surface area is 173 Å². The molecule has 0 aromatic heterocycles. The predicted molar refractivity (Wildman–Crippen MR) is 112 cm³/mol. The Morgan fingerprint density at radius 3 is 2.38 bits per heavy atom. The van der Waals surface area contributed by atoms with Crippen molar-refractivity contribution in [2.75, 3.05) is 13.7 Å². The first kappa shape index (κ1) is 22.9. The van der Waals surface area contributed by atoms with Gasteiger partial charge < -0.3 is 9.47 Å². The van der Waals surface area contributed by atoms with E-state index in [0.29, 0.717) is 16.9 Å². The minimum absolute atomic E-state index is 0.134. The number of carbonyl (C=O) groups is 1. The number of carbonyl (C=O) groups excluding carboxylic acids is 1. The lowest BCUT2D eigenvalue weighted by Gasteiger charge is -2.18. The number of aryl methyl sites for hydroxylation is 1. The molecule has 1 unspecified atom stereocenters. The number of methoxy groups -OCH3 is 1. The zero-order valence-corrected chi connectivity index (χ0v) is 18.4. The summed E-state index contributed by atoms with van der Waals surface area (Å²) in [7, 11) is -2.15. The van der Waals surface area contributed by atoms with Crippen LogP contribution in [0.3, 0.4) is 0 Å². The van der Waals surface area contributed by atoms with Gasteiger partial charge in [0.05, 0.1) is 12.0 Å². The predicted octanol–water partition coefficient (Wildman–Crippen LogP) is 3.67. The molecule has 158 valence electrons. The maximum Gasteiger partial charge on any atom is 0.306 e. The normalized spacial score (nSPS) is 12.4. The van der Waals surface area contributed by atoms with Gasteiger partial charge in [0.2, 0.25) is 10.0 Å². The molecule has 0 aliphatic rings. The highest BCUT2D eigenvalue weighted by atomic mass is 32.2. The molecule has 1 N–H and O–H groups in total. The molecule has 0 saturated heterocycles. The Bertz CT molecular complexity index is 955. The van der Waals surface area contributed by atoms with Crippen molar-refractivity contribution < 1.29 is 22.7 Å². The van der Waals surface area contributed by atoms with Crippen molar-refractivity contribution in [1.82, 2.24) is 4.72 Å². The Hall–Kier alpha value is -2.38. The minimum atomic E-state index is -3.71. The second-order valence-corrected chi connectivity index (χ2v) is 8.99. The second-order valence-electron chi connectivity index (χ2n) is 7.28. The first-order valence-electron chi connectivity index (χ1n) is 9.49. The molecule has 0 saturated carbocycles. The first-order valence-corrected chi connectivity index (χ1v) is 11.0. The Kier molecular flexibility index (Phi) is 7.81. The van der Waals surface area contributed by atoms with Crippen molar-refractivity contribution in [2.24, 2.45) is 5.92 Å². The van der Waals surface area contributed by atoms with Crippen LogP contribution >= 0.6 is 0 Å². The van der Waals surface area contributed by atoms with Crippen LogP contribution in [0.2, 0.25) is 0 Å². The molecule has 0 aliphatic carbocycles. The monoisotopic (exact) mass is 419 g/mol. The molecule has 2 rings (SSSR count). The highest BCUT2D eigenvalue weighted by Gasteiger charge is 2.23. The van der Waals surface area contributed by atoms with E-state index in [1.54, 1.807) is 27.0 Å². The summed E-state index contributed by atoms with van der Waals surface area (Å²) >= 11 is 0. The lowest BCUT2D eigenvalue weighted by atomic mass is 10.1. The van der Waals surface area contributed by atoms with Crippen LogP contribution in [0.25, 0.3) is 0 Å². The zero-order valence-electron chi connectivity index (χ0n) is 17.6. The Morgan fingerprint density at radius 1 is 1.10 bits per heavy atom. The number of sulfonamides is 1. The van der Waals surface area contributed by atoms with Gasteiger partial charge in [-0.25, -0.2) is 13.1 Å². The van der Waals surface area contributed by atoms with Gasteiger partial charge in [-0.2, -0.15) is 0 Å². The van der Waals surface area contributed by atoms with Crippen molar-refractivity contribution in [3.05, 3.63) is 58.7 Å². The van der Waals surface area contributed by atoms with E-state index in [4.69, 9.17) is 9.47 Å². The molecule has 0 radical (unpaired) electrons. The number of hydrogen-bond donors (Lipinski definition) is 1. The lowest BCUT2D eigenvalue weighted by Crippen LogP contribution is -2.30. The Balaban J connectivity index is 1.96. The number of esters is 1. The molecule has 29 heavy (non-hydrogen) atoms. The second kappa shape index (κ2) is 9.89. The zero-order chi connectivity index (χ0) is 21.6. The third kappa shape index (κ3) is 6.05. The fourth-order valence-corrected chi connectivity index (χ4v) is 4.81. The smallest absolute Gasteiger partial charge is 0.306 e. The number of hydrogen-bond acceptors (Lipinski definition) is 5. The van der Waals surface area contributed by atoms with Crippen molar-refractivity contribution in [3.63, 3.8) is 0 Å². The van der Waals surface area contributed by atoms with Gasteiger partial charge in [0, 0.05) is 13.0 Å². The topological polar surface area (TPSA) is 81.7 Å². The molecule has 0 aliphatic heterocycles. The molecular formula is C22H29NO5S. The van der Waals surface area contributed by atoms with Gasteiger partial charge in [-0.3, -0.25) is 4.79 Å². The van der Waals surface area contributed by atoms with Crippen molar-refractivity contribution >= 4 is 16.0 Å². The molecular weight excluding hydrogens is 390 g/mol. The molecule has 0 spiro atoms. The molecule has 0 fully saturated rings. The first-order chi connectivity index (χ1) is 13.7. The molecule has 2 aromatic rings. The van der Waals surface area contributed by atoms with Gasteiger partial charge in [0.15, 0.2) is 0 Å². The Morgan fingerprint density at radius 2 is 1.76 bits per heavy atom. The van der Waals surface area contributed by atoms with Gasteiger partial charge in [0.1, 0.15) is 12.4 Å². The lowest BCUT2D eigenvalue weighted by molar-refractivity contribution is -0.145. The van der Waals surface area contributed by atoms with E-state index in [1.165, 1.54) is 0 Å². The quantitative estimate of drug-likeness (QED) is 0.627. The third-order valence-corrected chi connectivity index (χ3v) is 6.56. The molecule has 0 amide bonds. The number of rotatable bonds is 9. The van der Waals surface area contributed by atoms with E-state index in [2.05, 4.69) is 4.72 Å². The summed E-state index contributed by atoms with van der Waals surface area (Å²) in [5.74, 6) is 0.106. The van der Waals surface area contributed by atoms with Gasteiger partial charge >= 0.3 is 5.97 Å². The number of nitrogens with one attached hydrogen (secondary N) is 1. The van der Waals surface area contributed by atoms with Crippen molar-refractivity contribution in [1.29, 1.82) is 0 Å². The van der Waals surface area contributed by atoms with Gasteiger partial charge in [-0.1, -0.05) is 37.3 Å². The fraction of sp³-hybridized carbons (Fsp3) is 0.409. The fourth-order valence-electron chi connectivity index (χ4n) is 3.12. The van der Waals surface area contributed by atoms with E-state index in [9.17, 15) is 13.2 Å². The summed E-state index contributed by atoms with van der Waals surface area (Å²) < 4.78 is 38.9. The number of benzene rings is 2. The van der Waals surface area contributed by atoms with E-state index >= 15 is 0 Å². The molecule has 0 bridgehead atoms. The molecule has 0 heterocycles. The van der Waals surface area contributed by atoms with Crippen LogP contribution < -0.4 is 9.46 Å². The van der Waals surface area contributed by atoms with E-state index in [1.807, 2.05) is 44.2 Å². The molecule has 7 heteroatoms. The highest BCUT2D eigenvalue weighted by Crippen LogP contribution is 2.30.